The topological polar surface area (TPSA) is 90.3 Å². The first kappa shape index (κ1) is 10.4. The molecule has 0 aliphatic carbocycles. The van der Waals surface area contributed by atoms with Crippen molar-refractivity contribution in [1.82, 2.24) is 20.2 Å². The molecule has 0 spiro atoms. The van der Waals surface area contributed by atoms with E-state index in [1.807, 2.05) is 6.07 Å². The SMILES string of the molecule is N#Cc1ccnc(NCc2ncn[nH]2)c1Cl. The molecule has 0 unspecified atom stereocenters. The lowest BCUT2D eigenvalue weighted by molar-refractivity contribution is 0.947. The molecule has 2 aromatic heterocycles. The van der Waals surface area contributed by atoms with Crippen molar-refractivity contribution in [3.63, 3.8) is 0 Å². The second-order valence-corrected chi connectivity index (χ2v) is 3.30. The van der Waals surface area contributed by atoms with Crippen LogP contribution in [0.2, 0.25) is 5.02 Å². The van der Waals surface area contributed by atoms with Gasteiger partial charge in [-0.2, -0.15) is 10.4 Å². The predicted molar refractivity (Wildman–Crippen MR) is 57.7 cm³/mol. The van der Waals surface area contributed by atoms with Crippen LogP contribution in [0.4, 0.5) is 5.82 Å². The molecule has 0 radical (unpaired) electrons. The van der Waals surface area contributed by atoms with Crippen LogP contribution in [-0.2, 0) is 6.54 Å². The van der Waals surface area contributed by atoms with Crippen molar-refractivity contribution in [3.8, 4) is 6.07 Å². The van der Waals surface area contributed by atoms with Gasteiger partial charge in [-0.1, -0.05) is 11.6 Å². The number of aromatic amines is 1. The van der Waals surface area contributed by atoms with Crippen molar-refractivity contribution < 1.29 is 0 Å². The van der Waals surface area contributed by atoms with Crippen molar-refractivity contribution in [2.24, 2.45) is 0 Å². The smallest absolute Gasteiger partial charge is 0.146 e. The zero-order valence-corrected chi connectivity index (χ0v) is 8.86. The van der Waals surface area contributed by atoms with Crippen LogP contribution < -0.4 is 5.32 Å². The summed E-state index contributed by atoms with van der Waals surface area (Å²) in [6.07, 6.45) is 2.94. The van der Waals surface area contributed by atoms with Gasteiger partial charge in [-0.05, 0) is 6.07 Å². The van der Waals surface area contributed by atoms with Gasteiger partial charge in [0.2, 0.25) is 0 Å². The molecule has 2 N–H and O–H groups in total. The fourth-order valence-electron chi connectivity index (χ4n) is 1.14. The second-order valence-electron chi connectivity index (χ2n) is 2.92. The van der Waals surface area contributed by atoms with Crippen LogP contribution in [-0.4, -0.2) is 20.2 Å². The van der Waals surface area contributed by atoms with Crippen molar-refractivity contribution in [2.75, 3.05) is 5.32 Å². The van der Waals surface area contributed by atoms with Gasteiger partial charge < -0.3 is 5.32 Å². The van der Waals surface area contributed by atoms with Gasteiger partial charge in [0.15, 0.2) is 0 Å². The lowest BCUT2D eigenvalue weighted by Crippen LogP contribution is -2.04. The van der Waals surface area contributed by atoms with Crippen LogP contribution in [0.1, 0.15) is 11.4 Å². The average Bonchev–Trinajstić information content (AvgIpc) is 2.81. The van der Waals surface area contributed by atoms with E-state index in [0.29, 0.717) is 28.8 Å². The molecule has 6 nitrogen and oxygen atoms in total. The summed E-state index contributed by atoms with van der Waals surface area (Å²) in [6.45, 7) is 0.418. The Morgan fingerprint density at radius 1 is 1.50 bits per heavy atom. The van der Waals surface area contributed by atoms with E-state index in [-0.39, 0.29) is 0 Å². The van der Waals surface area contributed by atoms with E-state index in [9.17, 15) is 0 Å². The first-order chi connectivity index (χ1) is 7.81. The van der Waals surface area contributed by atoms with E-state index in [1.165, 1.54) is 12.5 Å². The Labute approximate surface area is 96.3 Å². The molecule has 0 aromatic carbocycles. The monoisotopic (exact) mass is 234 g/mol. The summed E-state index contributed by atoms with van der Waals surface area (Å²) >= 11 is 5.96. The Balaban J connectivity index is 2.13. The predicted octanol–water partition coefficient (Wildman–Crippen LogP) is 1.34. The van der Waals surface area contributed by atoms with E-state index in [2.05, 4.69) is 25.5 Å². The van der Waals surface area contributed by atoms with Crippen molar-refractivity contribution >= 4 is 17.4 Å². The quantitative estimate of drug-likeness (QED) is 0.836. The minimum Gasteiger partial charge on any atom is -0.362 e. The Bertz CT molecular complexity index is 515. The number of rotatable bonds is 3. The van der Waals surface area contributed by atoms with E-state index in [0.717, 1.165) is 0 Å². The van der Waals surface area contributed by atoms with Gasteiger partial charge >= 0.3 is 0 Å². The Hall–Kier alpha value is -2.13. The summed E-state index contributed by atoms with van der Waals surface area (Å²) in [7, 11) is 0. The first-order valence-electron chi connectivity index (χ1n) is 4.44. The molecule has 0 fully saturated rings. The average molecular weight is 235 g/mol. The summed E-state index contributed by atoms with van der Waals surface area (Å²) in [6, 6.07) is 3.54. The lowest BCUT2D eigenvalue weighted by atomic mass is 10.3. The third-order valence-electron chi connectivity index (χ3n) is 1.90. The normalized spacial score (nSPS) is 9.75. The summed E-state index contributed by atoms with van der Waals surface area (Å²) in [5, 5.41) is 18.5. The van der Waals surface area contributed by atoms with Gasteiger partial charge in [0.1, 0.15) is 29.1 Å². The zero-order chi connectivity index (χ0) is 11.4. The van der Waals surface area contributed by atoms with Crippen LogP contribution in [0.25, 0.3) is 0 Å². The molecule has 0 aliphatic rings. The minimum absolute atomic E-state index is 0.310. The number of H-pyrrole nitrogens is 1. The number of hydrogen-bond donors (Lipinski definition) is 2. The highest BCUT2D eigenvalue weighted by Crippen LogP contribution is 2.22. The number of aromatic nitrogens is 4. The van der Waals surface area contributed by atoms with Crippen LogP contribution in [0.3, 0.4) is 0 Å². The summed E-state index contributed by atoms with van der Waals surface area (Å²) in [4.78, 5) is 7.97. The molecule has 0 aliphatic heterocycles. The lowest BCUT2D eigenvalue weighted by Gasteiger charge is -2.05. The summed E-state index contributed by atoms with van der Waals surface area (Å²) in [5.74, 6) is 1.12. The van der Waals surface area contributed by atoms with E-state index < -0.39 is 0 Å². The highest BCUT2D eigenvalue weighted by molar-refractivity contribution is 6.34. The minimum atomic E-state index is 0.310. The number of anilines is 1. The van der Waals surface area contributed by atoms with Crippen molar-refractivity contribution in [3.05, 3.63) is 35.0 Å². The third kappa shape index (κ3) is 2.10. The Morgan fingerprint density at radius 3 is 3.06 bits per heavy atom. The number of nitrogens with zero attached hydrogens (tertiary/aromatic N) is 4. The number of nitrogens with one attached hydrogen (secondary N) is 2. The van der Waals surface area contributed by atoms with Gasteiger partial charge in [0.05, 0.1) is 12.1 Å². The maximum Gasteiger partial charge on any atom is 0.146 e. The molecule has 0 atom stereocenters. The first-order valence-corrected chi connectivity index (χ1v) is 4.82. The standard InChI is InChI=1S/C9H7ClN6/c10-8-6(3-11)1-2-12-9(8)13-4-7-14-5-15-16-7/h1-2,5H,4H2,(H,12,13)(H,14,15,16). The van der Waals surface area contributed by atoms with Gasteiger partial charge in [-0.25, -0.2) is 9.97 Å². The van der Waals surface area contributed by atoms with E-state index in [4.69, 9.17) is 16.9 Å². The van der Waals surface area contributed by atoms with Crippen LogP contribution in [0.5, 0.6) is 0 Å². The Morgan fingerprint density at radius 2 is 2.38 bits per heavy atom. The van der Waals surface area contributed by atoms with E-state index in [1.54, 1.807) is 6.07 Å². The fraction of sp³-hybridized carbons (Fsp3) is 0.111. The summed E-state index contributed by atoms with van der Waals surface area (Å²) < 4.78 is 0. The van der Waals surface area contributed by atoms with Gasteiger partial charge in [0.25, 0.3) is 0 Å². The fourth-order valence-corrected chi connectivity index (χ4v) is 1.36. The van der Waals surface area contributed by atoms with Crippen LogP contribution >= 0.6 is 11.6 Å². The molecule has 2 rings (SSSR count). The van der Waals surface area contributed by atoms with E-state index >= 15 is 0 Å². The highest BCUT2D eigenvalue weighted by atomic mass is 35.5. The Kier molecular flexibility index (Phi) is 2.98. The molecule has 2 aromatic rings. The molecule has 7 heteroatoms. The largest absolute Gasteiger partial charge is 0.362 e. The maximum atomic E-state index is 8.78. The van der Waals surface area contributed by atoms with Crippen LogP contribution in [0.15, 0.2) is 18.6 Å². The maximum absolute atomic E-state index is 8.78. The van der Waals surface area contributed by atoms with Crippen molar-refractivity contribution in [1.29, 1.82) is 5.26 Å². The number of pyridine rings is 1. The van der Waals surface area contributed by atoms with Crippen molar-refractivity contribution in [2.45, 2.75) is 6.54 Å². The molecule has 2 heterocycles. The molecular formula is C9H7ClN6. The molecular weight excluding hydrogens is 228 g/mol. The molecule has 80 valence electrons. The molecule has 16 heavy (non-hydrogen) atoms. The molecule has 0 saturated heterocycles. The molecule has 0 saturated carbocycles. The zero-order valence-electron chi connectivity index (χ0n) is 8.11. The molecule has 0 bridgehead atoms. The van der Waals surface area contributed by atoms with Crippen LogP contribution in [0, 0.1) is 11.3 Å². The number of hydrogen-bond acceptors (Lipinski definition) is 5. The van der Waals surface area contributed by atoms with Gasteiger partial charge in [-0.15, -0.1) is 0 Å². The summed E-state index contributed by atoms with van der Waals surface area (Å²) in [5.41, 5.74) is 0.386. The highest BCUT2D eigenvalue weighted by Gasteiger charge is 2.06. The molecule has 0 amide bonds. The number of halogens is 1. The second kappa shape index (κ2) is 4.59. The van der Waals surface area contributed by atoms with Gasteiger partial charge in [0, 0.05) is 6.20 Å². The van der Waals surface area contributed by atoms with Gasteiger partial charge in [-0.3, -0.25) is 5.10 Å². The third-order valence-corrected chi connectivity index (χ3v) is 2.28. The number of nitriles is 1.